The number of nitrogens with one attached hydrogen (secondary N) is 1. The van der Waals surface area contributed by atoms with Gasteiger partial charge in [-0.15, -0.1) is 0 Å². The second kappa shape index (κ2) is 3.09. The topological polar surface area (TPSA) is 65.0 Å². The number of pyridine rings is 1. The molecule has 0 aromatic carbocycles. The average molecular weight is 153 g/mol. The molecule has 1 rings (SSSR count). The van der Waals surface area contributed by atoms with Gasteiger partial charge in [0.1, 0.15) is 6.20 Å². The van der Waals surface area contributed by atoms with Crippen LogP contribution in [0.2, 0.25) is 0 Å². The highest BCUT2D eigenvalue weighted by Crippen LogP contribution is 2.03. The van der Waals surface area contributed by atoms with Crippen LogP contribution in [-0.4, -0.2) is 6.54 Å². The van der Waals surface area contributed by atoms with E-state index < -0.39 is 0 Å². The number of rotatable bonds is 2. The van der Waals surface area contributed by atoms with Crippen LogP contribution < -0.4 is 15.8 Å². The summed E-state index contributed by atoms with van der Waals surface area (Å²) < 4.78 is 0.637. The molecule has 11 heavy (non-hydrogen) atoms. The van der Waals surface area contributed by atoms with E-state index in [0.29, 0.717) is 4.73 Å². The first-order valence-electron chi connectivity index (χ1n) is 3.46. The molecule has 4 heteroatoms. The van der Waals surface area contributed by atoms with E-state index in [9.17, 15) is 5.21 Å². The monoisotopic (exact) mass is 153 g/mol. The maximum absolute atomic E-state index is 10.9. The highest BCUT2D eigenvalue weighted by Gasteiger charge is 1.96. The van der Waals surface area contributed by atoms with Crippen molar-refractivity contribution >= 4 is 11.5 Å². The fourth-order valence-electron chi connectivity index (χ4n) is 0.801. The van der Waals surface area contributed by atoms with Gasteiger partial charge in [-0.05, 0) is 13.0 Å². The van der Waals surface area contributed by atoms with Crippen molar-refractivity contribution in [2.24, 2.45) is 0 Å². The van der Waals surface area contributed by atoms with E-state index in [4.69, 9.17) is 5.73 Å². The molecule has 0 aliphatic rings. The van der Waals surface area contributed by atoms with Crippen LogP contribution in [-0.2, 0) is 0 Å². The molecule has 4 nitrogen and oxygen atoms in total. The quantitative estimate of drug-likeness (QED) is 0.475. The number of aromatic nitrogens is 1. The molecular formula is C7H11N3O. The average Bonchev–Trinajstić information content (AvgIpc) is 1.98. The summed E-state index contributed by atoms with van der Waals surface area (Å²) in [6.45, 7) is 2.76. The standard InChI is InChI=1S/C7H11N3O/c1-2-9-6-3-4-7(8)10(11)5-6/h3-5,9H,2,8H2,1H3. The molecular weight excluding hydrogens is 142 g/mol. The van der Waals surface area contributed by atoms with Crippen molar-refractivity contribution in [2.45, 2.75) is 6.92 Å². The van der Waals surface area contributed by atoms with Crippen molar-refractivity contribution in [3.05, 3.63) is 23.5 Å². The summed E-state index contributed by atoms with van der Waals surface area (Å²) in [5, 5.41) is 13.9. The zero-order valence-electron chi connectivity index (χ0n) is 6.37. The summed E-state index contributed by atoms with van der Waals surface area (Å²) in [5.74, 6) is 0.214. The Kier molecular flexibility index (Phi) is 2.15. The lowest BCUT2D eigenvalue weighted by Gasteiger charge is -2.07. The van der Waals surface area contributed by atoms with Crippen molar-refractivity contribution in [3.63, 3.8) is 0 Å². The minimum Gasteiger partial charge on any atom is -0.711 e. The van der Waals surface area contributed by atoms with Crippen LogP contribution in [0.5, 0.6) is 0 Å². The van der Waals surface area contributed by atoms with Crippen LogP contribution in [0.4, 0.5) is 11.5 Å². The Labute approximate surface area is 65.2 Å². The minimum atomic E-state index is 0.214. The maximum atomic E-state index is 10.9. The summed E-state index contributed by atoms with van der Waals surface area (Å²) in [6.07, 6.45) is 1.42. The lowest BCUT2D eigenvalue weighted by molar-refractivity contribution is -0.589. The first-order chi connectivity index (χ1) is 5.24. The van der Waals surface area contributed by atoms with Gasteiger partial charge in [0.15, 0.2) is 0 Å². The highest BCUT2D eigenvalue weighted by molar-refractivity contribution is 5.41. The predicted molar refractivity (Wildman–Crippen MR) is 44.0 cm³/mol. The number of anilines is 2. The van der Waals surface area contributed by atoms with Crippen molar-refractivity contribution in [2.75, 3.05) is 17.6 Å². The molecule has 3 N–H and O–H groups in total. The second-order valence-electron chi connectivity index (χ2n) is 2.20. The van der Waals surface area contributed by atoms with Crippen LogP contribution in [0, 0.1) is 5.21 Å². The van der Waals surface area contributed by atoms with Crippen molar-refractivity contribution in [3.8, 4) is 0 Å². The Morgan fingerprint density at radius 3 is 2.91 bits per heavy atom. The summed E-state index contributed by atoms with van der Waals surface area (Å²) in [4.78, 5) is 0. The van der Waals surface area contributed by atoms with Gasteiger partial charge < -0.3 is 10.5 Å². The second-order valence-corrected chi connectivity index (χ2v) is 2.20. The zero-order valence-corrected chi connectivity index (χ0v) is 6.37. The van der Waals surface area contributed by atoms with Gasteiger partial charge in [0, 0.05) is 12.6 Å². The normalized spacial score (nSPS) is 9.55. The molecule has 0 saturated heterocycles. The first kappa shape index (κ1) is 7.65. The third kappa shape index (κ3) is 1.73. The summed E-state index contributed by atoms with van der Waals surface area (Å²) in [6, 6.07) is 3.35. The van der Waals surface area contributed by atoms with Gasteiger partial charge in [-0.3, -0.25) is 5.73 Å². The Bertz CT molecular complexity index is 249. The van der Waals surface area contributed by atoms with Crippen LogP contribution in [0.1, 0.15) is 6.92 Å². The molecule has 1 aromatic rings. The van der Waals surface area contributed by atoms with E-state index in [1.807, 2.05) is 6.92 Å². The van der Waals surface area contributed by atoms with Crippen LogP contribution in [0.25, 0.3) is 0 Å². The molecule has 0 atom stereocenters. The van der Waals surface area contributed by atoms with Gasteiger partial charge in [0.2, 0.25) is 0 Å². The van der Waals surface area contributed by atoms with Crippen molar-refractivity contribution in [1.29, 1.82) is 0 Å². The van der Waals surface area contributed by atoms with E-state index >= 15 is 0 Å². The minimum absolute atomic E-state index is 0.214. The fraction of sp³-hybridized carbons (Fsp3) is 0.286. The fourth-order valence-corrected chi connectivity index (χ4v) is 0.801. The van der Waals surface area contributed by atoms with Crippen LogP contribution in [0.3, 0.4) is 0 Å². The molecule has 0 aliphatic heterocycles. The Morgan fingerprint density at radius 2 is 2.36 bits per heavy atom. The van der Waals surface area contributed by atoms with E-state index in [2.05, 4.69) is 5.32 Å². The largest absolute Gasteiger partial charge is 0.711 e. The molecule has 0 aliphatic carbocycles. The number of nitrogens with two attached hydrogens (primary N) is 1. The van der Waals surface area contributed by atoms with Gasteiger partial charge in [-0.1, -0.05) is 0 Å². The maximum Gasteiger partial charge on any atom is 0.275 e. The smallest absolute Gasteiger partial charge is 0.275 e. The molecule has 0 saturated carbocycles. The third-order valence-electron chi connectivity index (χ3n) is 1.33. The molecule has 0 radical (unpaired) electrons. The summed E-state index contributed by atoms with van der Waals surface area (Å²) in [7, 11) is 0. The van der Waals surface area contributed by atoms with Gasteiger partial charge in [-0.2, -0.15) is 0 Å². The van der Waals surface area contributed by atoms with Gasteiger partial charge in [-0.25, -0.2) is 4.73 Å². The van der Waals surface area contributed by atoms with Crippen LogP contribution in [0.15, 0.2) is 18.3 Å². The van der Waals surface area contributed by atoms with Gasteiger partial charge in [0.25, 0.3) is 5.82 Å². The van der Waals surface area contributed by atoms with E-state index in [1.165, 1.54) is 6.20 Å². The number of nitrogen functional groups attached to an aromatic ring is 1. The predicted octanol–water partition coefficient (Wildman–Crippen LogP) is 0.334. The van der Waals surface area contributed by atoms with E-state index in [0.717, 1.165) is 12.2 Å². The first-order valence-corrected chi connectivity index (χ1v) is 3.46. The molecule has 0 amide bonds. The Balaban J connectivity index is 2.86. The highest BCUT2D eigenvalue weighted by atomic mass is 16.5. The van der Waals surface area contributed by atoms with Gasteiger partial charge in [0.05, 0.1) is 5.69 Å². The third-order valence-corrected chi connectivity index (χ3v) is 1.33. The molecule has 0 unspecified atom stereocenters. The van der Waals surface area contributed by atoms with Crippen molar-refractivity contribution in [1.82, 2.24) is 0 Å². The number of hydrogen-bond donors (Lipinski definition) is 2. The molecule has 60 valence electrons. The molecule has 1 heterocycles. The van der Waals surface area contributed by atoms with E-state index in [-0.39, 0.29) is 5.82 Å². The Hall–Kier alpha value is -1.45. The number of nitrogens with zero attached hydrogens (tertiary/aromatic N) is 1. The lowest BCUT2D eigenvalue weighted by atomic mass is 10.4. The van der Waals surface area contributed by atoms with E-state index in [1.54, 1.807) is 12.1 Å². The van der Waals surface area contributed by atoms with Crippen LogP contribution >= 0.6 is 0 Å². The molecule has 0 bridgehead atoms. The summed E-state index contributed by atoms with van der Waals surface area (Å²) in [5.41, 5.74) is 6.10. The molecule has 0 spiro atoms. The Morgan fingerprint density at radius 1 is 1.64 bits per heavy atom. The molecule has 1 aromatic heterocycles. The lowest BCUT2D eigenvalue weighted by Crippen LogP contribution is -2.30. The zero-order chi connectivity index (χ0) is 8.27. The number of hydrogen-bond acceptors (Lipinski definition) is 3. The van der Waals surface area contributed by atoms with Gasteiger partial charge >= 0.3 is 0 Å². The van der Waals surface area contributed by atoms with Crippen molar-refractivity contribution < 1.29 is 4.73 Å². The summed E-state index contributed by atoms with van der Waals surface area (Å²) >= 11 is 0. The SMILES string of the molecule is CCNc1ccc(N)[n+]([O-])c1. The molecule has 0 fully saturated rings.